The van der Waals surface area contributed by atoms with Crippen molar-refractivity contribution in [2.45, 2.75) is 56.5 Å². The number of aryl methyl sites for hydroxylation is 1. The van der Waals surface area contributed by atoms with E-state index in [9.17, 15) is 9.59 Å². The lowest BCUT2D eigenvalue weighted by Gasteiger charge is -2.54. The first-order chi connectivity index (χ1) is 14.0. The molecule has 29 heavy (non-hydrogen) atoms. The second-order valence-corrected chi connectivity index (χ2v) is 9.41. The molecule has 6 heteroatoms. The molecule has 2 aromatic heterocycles. The molecule has 0 amide bonds. The van der Waals surface area contributed by atoms with Gasteiger partial charge in [-0.1, -0.05) is 12.5 Å². The number of pyridine rings is 2. The number of thioether (sulfide) groups is 1. The van der Waals surface area contributed by atoms with Crippen LogP contribution in [0.4, 0.5) is 5.82 Å². The monoisotopic (exact) mass is 407 g/mol. The third-order valence-corrected chi connectivity index (χ3v) is 7.73. The second-order valence-electron chi connectivity index (χ2n) is 8.59. The highest BCUT2D eigenvalue weighted by molar-refractivity contribution is 7.98. The van der Waals surface area contributed by atoms with Gasteiger partial charge in [0.2, 0.25) is 0 Å². The van der Waals surface area contributed by atoms with Crippen LogP contribution in [0.3, 0.4) is 0 Å². The summed E-state index contributed by atoms with van der Waals surface area (Å²) in [4.78, 5) is 30.5. The highest BCUT2D eigenvalue weighted by Crippen LogP contribution is 2.56. The summed E-state index contributed by atoms with van der Waals surface area (Å²) >= 11 is 1.60. The van der Waals surface area contributed by atoms with Crippen molar-refractivity contribution in [3.63, 3.8) is 0 Å². The Morgan fingerprint density at radius 2 is 2.00 bits per heavy atom. The number of rotatable bonds is 5. The Labute approximate surface area is 173 Å². The lowest BCUT2D eigenvalue weighted by Crippen LogP contribution is -2.49. The molecule has 0 saturated heterocycles. The number of fused-ring (bicyclic) bond motifs is 2. The number of aldehydes is 1. The van der Waals surface area contributed by atoms with Crippen molar-refractivity contribution in [2.24, 2.45) is 5.41 Å². The zero-order chi connectivity index (χ0) is 20.2. The minimum atomic E-state index is -0.0245. The van der Waals surface area contributed by atoms with Gasteiger partial charge < -0.3 is 14.7 Å². The standard InChI is InChI=1S/C23H25N3O2S/c1-14-4-5-16-19(21(14)29-2)26(10-11-27)22-17(20(16)28)6-7-18(25-22)24-15-12-23(13-15)8-3-9-23/h4-7,11,15H,3,8-10,12-13H2,1-2H3,(H,24,25). The number of aromatic nitrogens is 2. The highest BCUT2D eigenvalue weighted by atomic mass is 32.2. The molecule has 0 unspecified atom stereocenters. The molecular formula is C23H25N3O2S. The number of anilines is 1. The largest absolute Gasteiger partial charge is 0.367 e. The fourth-order valence-electron chi connectivity index (χ4n) is 5.18. The number of nitrogens with one attached hydrogen (secondary N) is 1. The van der Waals surface area contributed by atoms with Gasteiger partial charge in [-0.25, -0.2) is 4.98 Å². The van der Waals surface area contributed by atoms with Gasteiger partial charge in [0.1, 0.15) is 17.8 Å². The van der Waals surface area contributed by atoms with Crippen LogP contribution in [0, 0.1) is 12.3 Å². The van der Waals surface area contributed by atoms with Crippen molar-refractivity contribution in [3.05, 3.63) is 40.1 Å². The van der Waals surface area contributed by atoms with E-state index < -0.39 is 0 Å². The van der Waals surface area contributed by atoms with Crippen LogP contribution in [0.25, 0.3) is 21.9 Å². The molecule has 0 radical (unpaired) electrons. The Morgan fingerprint density at radius 1 is 1.24 bits per heavy atom. The van der Waals surface area contributed by atoms with E-state index in [2.05, 4.69) is 5.32 Å². The maximum atomic E-state index is 13.2. The molecule has 0 aliphatic heterocycles. The Kier molecular flexibility index (Phi) is 4.42. The van der Waals surface area contributed by atoms with Gasteiger partial charge in [0.05, 0.1) is 17.4 Å². The van der Waals surface area contributed by atoms with Crippen LogP contribution in [0.5, 0.6) is 0 Å². The molecule has 3 aromatic rings. The molecule has 1 N–H and O–H groups in total. The SMILES string of the molecule is CSc1c(C)ccc2c(=O)c3ccc(NC4CC5(CCC5)C4)nc3n(CC=O)c12. The van der Waals surface area contributed by atoms with Crippen LogP contribution in [0.1, 0.15) is 37.7 Å². The number of carbonyl (C=O) groups excluding carboxylic acids is 1. The third-order valence-electron chi connectivity index (χ3n) is 6.80. The van der Waals surface area contributed by atoms with E-state index in [-0.39, 0.29) is 12.0 Å². The number of benzene rings is 1. The molecule has 0 atom stereocenters. The normalized spacial score (nSPS) is 18.0. The maximum Gasteiger partial charge on any atom is 0.198 e. The number of nitrogens with zero attached hydrogens (tertiary/aromatic N) is 2. The first kappa shape index (κ1) is 18.7. The van der Waals surface area contributed by atoms with Gasteiger partial charge in [0.15, 0.2) is 5.43 Å². The van der Waals surface area contributed by atoms with Gasteiger partial charge in [-0.3, -0.25) is 4.79 Å². The summed E-state index contributed by atoms with van der Waals surface area (Å²) in [6.45, 7) is 2.21. The van der Waals surface area contributed by atoms with E-state index in [0.29, 0.717) is 27.9 Å². The zero-order valence-electron chi connectivity index (χ0n) is 16.8. The summed E-state index contributed by atoms with van der Waals surface area (Å²) in [6.07, 6.45) is 9.38. The smallest absolute Gasteiger partial charge is 0.198 e. The van der Waals surface area contributed by atoms with Crippen LogP contribution in [0.2, 0.25) is 0 Å². The number of hydrogen-bond donors (Lipinski definition) is 1. The quantitative estimate of drug-likeness (QED) is 0.383. The third kappa shape index (κ3) is 2.88. The minimum Gasteiger partial charge on any atom is -0.367 e. The molecule has 2 aliphatic rings. The molecule has 5 nitrogen and oxygen atoms in total. The molecule has 150 valence electrons. The predicted octanol–water partition coefficient (Wildman–Crippen LogP) is 4.52. The van der Waals surface area contributed by atoms with E-state index >= 15 is 0 Å². The molecule has 1 aromatic carbocycles. The fourth-order valence-corrected chi connectivity index (χ4v) is 5.98. The molecule has 1 spiro atoms. The van der Waals surface area contributed by atoms with Gasteiger partial charge in [-0.15, -0.1) is 11.8 Å². The van der Waals surface area contributed by atoms with E-state index in [1.54, 1.807) is 11.8 Å². The van der Waals surface area contributed by atoms with Crippen LogP contribution in [-0.2, 0) is 11.3 Å². The first-order valence-electron chi connectivity index (χ1n) is 10.3. The van der Waals surface area contributed by atoms with Crippen molar-refractivity contribution in [1.82, 2.24) is 9.55 Å². The number of hydrogen-bond acceptors (Lipinski definition) is 5. The Hall–Kier alpha value is -2.34. The molecular weight excluding hydrogens is 382 g/mol. The molecule has 2 saturated carbocycles. The van der Waals surface area contributed by atoms with Gasteiger partial charge in [-0.05, 0) is 68.0 Å². The zero-order valence-corrected chi connectivity index (χ0v) is 17.6. The maximum absolute atomic E-state index is 13.2. The predicted molar refractivity (Wildman–Crippen MR) is 119 cm³/mol. The molecule has 5 rings (SSSR count). The van der Waals surface area contributed by atoms with Gasteiger partial charge >= 0.3 is 0 Å². The van der Waals surface area contributed by atoms with E-state index in [4.69, 9.17) is 4.98 Å². The lowest BCUT2D eigenvalue weighted by atomic mass is 9.54. The van der Waals surface area contributed by atoms with E-state index in [1.807, 2.05) is 42.0 Å². The second kappa shape index (κ2) is 6.87. The Morgan fingerprint density at radius 3 is 2.66 bits per heavy atom. The van der Waals surface area contributed by atoms with Crippen LogP contribution in [0.15, 0.2) is 34.0 Å². The molecule has 0 bridgehead atoms. The topological polar surface area (TPSA) is 64.0 Å². The average Bonchev–Trinajstić information content (AvgIpc) is 2.65. The minimum absolute atomic E-state index is 0.0245. The van der Waals surface area contributed by atoms with Gasteiger partial charge in [0.25, 0.3) is 0 Å². The van der Waals surface area contributed by atoms with Crippen LogP contribution >= 0.6 is 11.8 Å². The highest BCUT2D eigenvalue weighted by Gasteiger charge is 2.48. The first-order valence-corrected chi connectivity index (χ1v) is 11.5. The van der Waals surface area contributed by atoms with E-state index in [0.717, 1.165) is 28.1 Å². The number of carbonyl (C=O) groups is 1. The summed E-state index contributed by atoms with van der Waals surface area (Å²) in [5, 5.41) is 4.75. The molecule has 2 heterocycles. The molecule has 2 aliphatic carbocycles. The van der Waals surface area contributed by atoms with Gasteiger partial charge in [0, 0.05) is 16.3 Å². The van der Waals surface area contributed by atoms with Crippen molar-refractivity contribution < 1.29 is 4.79 Å². The van der Waals surface area contributed by atoms with E-state index in [1.165, 1.54) is 32.1 Å². The fraction of sp³-hybridized carbons (Fsp3) is 0.435. The summed E-state index contributed by atoms with van der Waals surface area (Å²) in [6, 6.07) is 8.05. The van der Waals surface area contributed by atoms with Crippen molar-refractivity contribution in [2.75, 3.05) is 11.6 Å². The molecule has 2 fully saturated rings. The van der Waals surface area contributed by atoms with Crippen LogP contribution in [-0.4, -0.2) is 28.1 Å². The van der Waals surface area contributed by atoms with Crippen LogP contribution < -0.4 is 10.7 Å². The van der Waals surface area contributed by atoms with Gasteiger partial charge in [-0.2, -0.15) is 0 Å². The average molecular weight is 408 g/mol. The summed E-state index contributed by atoms with van der Waals surface area (Å²) in [5.74, 6) is 0.786. The Bertz CT molecular complexity index is 1190. The van der Waals surface area contributed by atoms with Crippen molar-refractivity contribution in [3.8, 4) is 0 Å². The Balaban J connectivity index is 1.65. The summed E-state index contributed by atoms with van der Waals surface area (Å²) in [5.41, 5.74) is 3.05. The van der Waals surface area contributed by atoms with Crippen molar-refractivity contribution >= 4 is 45.8 Å². The summed E-state index contributed by atoms with van der Waals surface area (Å²) in [7, 11) is 0. The van der Waals surface area contributed by atoms with Crippen molar-refractivity contribution in [1.29, 1.82) is 0 Å². The summed E-state index contributed by atoms with van der Waals surface area (Å²) < 4.78 is 1.90. The lowest BCUT2D eigenvalue weighted by molar-refractivity contribution is -0.108.